The van der Waals surface area contributed by atoms with Gasteiger partial charge in [0.2, 0.25) is 0 Å². The SMILES string of the molecule is CCCCCCCCCCC=C(C=O)OCOC. The Labute approximate surface area is 112 Å². The minimum Gasteiger partial charge on any atom is -0.464 e. The first-order valence-corrected chi connectivity index (χ1v) is 7.12. The number of aldehydes is 1. The summed E-state index contributed by atoms with van der Waals surface area (Å²) in [5, 5.41) is 0. The Hall–Kier alpha value is -0.830. The van der Waals surface area contributed by atoms with Crippen LogP contribution in [0.1, 0.15) is 64.7 Å². The van der Waals surface area contributed by atoms with Gasteiger partial charge in [0.15, 0.2) is 18.8 Å². The molecule has 0 heterocycles. The van der Waals surface area contributed by atoms with Crippen LogP contribution in [-0.2, 0) is 14.3 Å². The van der Waals surface area contributed by atoms with Crippen LogP contribution in [0.4, 0.5) is 0 Å². The molecule has 0 fully saturated rings. The number of methoxy groups -OCH3 is 1. The molecule has 0 bridgehead atoms. The number of hydrogen-bond acceptors (Lipinski definition) is 3. The third-order valence-electron chi connectivity index (χ3n) is 2.86. The summed E-state index contributed by atoms with van der Waals surface area (Å²) in [7, 11) is 1.54. The lowest BCUT2D eigenvalue weighted by atomic mass is 10.1. The first kappa shape index (κ1) is 17.2. The van der Waals surface area contributed by atoms with E-state index in [0.717, 1.165) is 19.1 Å². The monoisotopic (exact) mass is 256 g/mol. The van der Waals surface area contributed by atoms with Crippen LogP contribution < -0.4 is 0 Å². The zero-order valence-electron chi connectivity index (χ0n) is 12.0. The van der Waals surface area contributed by atoms with Crippen LogP contribution in [0.3, 0.4) is 0 Å². The minimum absolute atomic E-state index is 0.141. The van der Waals surface area contributed by atoms with Gasteiger partial charge in [-0.2, -0.15) is 0 Å². The highest BCUT2D eigenvalue weighted by Crippen LogP contribution is 2.10. The van der Waals surface area contributed by atoms with Crippen molar-refractivity contribution in [3.05, 3.63) is 11.8 Å². The first-order chi connectivity index (χ1) is 8.85. The number of ether oxygens (including phenoxy) is 2. The van der Waals surface area contributed by atoms with E-state index in [4.69, 9.17) is 9.47 Å². The van der Waals surface area contributed by atoms with Gasteiger partial charge in [-0.25, -0.2) is 0 Å². The molecule has 3 nitrogen and oxygen atoms in total. The van der Waals surface area contributed by atoms with Crippen LogP contribution in [0.2, 0.25) is 0 Å². The van der Waals surface area contributed by atoms with E-state index in [1.54, 1.807) is 7.11 Å². The zero-order valence-corrected chi connectivity index (χ0v) is 12.0. The van der Waals surface area contributed by atoms with E-state index in [0.29, 0.717) is 5.76 Å². The molecule has 0 amide bonds. The summed E-state index contributed by atoms with van der Waals surface area (Å²) in [5.74, 6) is 0.389. The van der Waals surface area contributed by atoms with E-state index in [1.165, 1.54) is 44.9 Å². The summed E-state index contributed by atoms with van der Waals surface area (Å²) < 4.78 is 9.83. The molecule has 0 atom stereocenters. The van der Waals surface area contributed by atoms with Gasteiger partial charge in [-0.15, -0.1) is 0 Å². The van der Waals surface area contributed by atoms with Gasteiger partial charge in [0.1, 0.15) is 0 Å². The van der Waals surface area contributed by atoms with E-state index in [-0.39, 0.29) is 6.79 Å². The number of hydrogen-bond donors (Lipinski definition) is 0. The Kier molecular flexibility index (Phi) is 13.6. The summed E-state index contributed by atoms with van der Waals surface area (Å²) in [4.78, 5) is 10.6. The van der Waals surface area contributed by atoms with Crippen molar-refractivity contribution < 1.29 is 14.3 Å². The minimum atomic E-state index is 0.141. The number of carbonyl (C=O) groups excluding carboxylic acids is 1. The number of carbonyl (C=O) groups is 1. The normalized spacial score (nSPS) is 11.6. The zero-order chi connectivity index (χ0) is 13.5. The molecule has 106 valence electrons. The van der Waals surface area contributed by atoms with Crippen LogP contribution >= 0.6 is 0 Å². The standard InChI is InChI=1S/C15H28O3/c1-3-4-5-6-7-8-9-10-11-12-15(13-16)18-14-17-2/h12-13H,3-11,14H2,1-2H3. The lowest BCUT2D eigenvalue weighted by Crippen LogP contribution is -1.97. The molecule has 0 aromatic rings. The van der Waals surface area contributed by atoms with Crippen molar-refractivity contribution in [3.8, 4) is 0 Å². The summed E-state index contributed by atoms with van der Waals surface area (Å²) >= 11 is 0. The molecule has 0 aliphatic rings. The van der Waals surface area contributed by atoms with E-state index in [1.807, 2.05) is 6.08 Å². The number of rotatable bonds is 13. The molecule has 0 aromatic heterocycles. The van der Waals surface area contributed by atoms with Gasteiger partial charge < -0.3 is 9.47 Å². The van der Waals surface area contributed by atoms with Gasteiger partial charge in [-0.05, 0) is 18.9 Å². The molecule has 0 unspecified atom stereocenters. The molecule has 18 heavy (non-hydrogen) atoms. The molecule has 3 heteroatoms. The van der Waals surface area contributed by atoms with Crippen LogP contribution in [-0.4, -0.2) is 20.2 Å². The Balaban J connectivity index is 3.36. The van der Waals surface area contributed by atoms with Gasteiger partial charge in [0.05, 0.1) is 0 Å². The summed E-state index contributed by atoms with van der Waals surface area (Å²) in [6.07, 6.45) is 13.9. The Morgan fingerprint density at radius 3 is 2.17 bits per heavy atom. The maximum absolute atomic E-state index is 10.6. The van der Waals surface area contributed by atoms with Crippen LogP contribution in [0.25, 0.3) is 0 Å². The lowest BCUT2D eigenvalue weighted by molar-refractivity contribution is -0.110. The molecule has 0 aliphatic heterocycles. The van der Waals surface area contributed by atoms with Gasteiger partial charge in [-0.1, -0.05) is 51.9 Å². The van der Waals surface area contributed by atoms with Crippen molar-refractivity contribution in [1.82, 2.24) is 0 Å². The molecule has 0 N–H and O–H groups in total. The average Bonchev–Trinajstić information content (AvgIpc) is 2.40. The van der Waals surface area contributed by atoms with Gasteiger partial charge >= 0.3 is 0 Å². The summed E-state index contributed by atoms with van der Waals surface area (Å²) in [6.45, 7) is 2.38. The van der Waals surface area contributed by atoms with E-state index >= 15 is 0 Å². The molecule has 0 aliphatic carbocycles. The molecule has 0 aromatic carbocycles. The fourth-order valence-corrected chi connectivity index (χ4v) is 1.79. The second kappa shape index (κ2) is 14.2. The van der Waals surface area contributed by atoms with Crippen molar-refractivity contribution in [1.29, 1.82) is 0 Å². The predicted molar refractivity (Wildman–Crippen MR) is 74.3 cm³/mol. The van der Waals surface area contributed by atoms with Crippen molar-refractivity contribution >= 4 is 6.29 Å². The van der Waals surface area contributed by atoms with E-state index in [9.17, 15) is 4.79 Å². The second-order valence-electron chi connectivity index (χ2n) is 4.54. The third kappa shape index (κ3) is 11.6. The Morgan fingerprint density at radius 2 is 1.61 bits per heavy atom. The average molecular weight is 256 g/mol. The van der Waals surface area contributed by atoms with Crippen molar-refractivity contribution in [2.45, 2.75) is 64.7 Å². The van der Waals surface area contributed by atoms with Crippen molar-refractivity contribution in [2.75, 3.05) is 13.9 Å². The highest BCUT2D eigenvalue weighted by atomic mass is 16.7. The number of allylic oxidation sites excluding steroid dienone is 2. The lowest BCUT2D eigenvalue weighted by Gasteiger charge is -2.03. The molecular formula is C15H28O3. The largest absolute Gasteiger partial charge is 0.464 e. The molecule has 0 radical (unpaired) electrons. The van der Waals surface area contributed by atoms with E-state index in [2.05, 4.69) is 6.92 Å². The van der Waals surface area contributed by atoms with Crippen molar-refractivity contribution in [3.63, 3.8) is 0 Å². The maximum Gasteiger partial charge on any atom is 0.188 e. The topological polar surface area (TPSA) is 35.5 Å². The second-order valence-corrected chi connectivity index (χ2v) is 4.54. The van der Waals surface area contributed by atoms with Crippen molar-refractivity contribution in [2.24, 2.45) is 0 Å². The number of unbranched alkanes of at least 4 members (excludes halogenated alkanes) is 8. The fraction of sp³-hybridized carbons (Fsp3) is 0.800. The molecule has 0 saturated carbocycles. The highest BCUT2D eigenvalue weighted by molar-refractivity contribution is 5.69. The molecule has 0 saturated heterocycles. The predicted octanol–water partition coefficient (Wildman–Crippen LogP) is 4.22. The van der Waals surface area contributed by atoms with Gasteiger partial charge in [0, 0.05) is 7.11 Å². The molecular weight excluding hydrogens is 228 g/mol. The molecule has 0 spiro atoms. The summed E-state index contributed by atoms with van der Waals surface area (Å²) in [6, 6.07) is 0. The highest BCUT2D eigenvalue weighted by Gasteiger charge is 1.95. The van der Waals surface area contributed by atoms with Gasteiger partial charge in [-0.3, -0.25) is 4.79 Å². The van der Waals surface area contributed by atoms with Gasteiger partial charge in [0.25, 0.3) is 0 Å². The van der Waals surface area contributed by atoms with Crippen LogP contribution in [0.5, 0.6) is 0 Å². The quantitative estimate of drug-likeness (QED) is 0.163. The van der Waals surface area contributed by atoms with E-state index < -0.39 is 0 Å². The third-order valence-corrected chi connectivity index (χ3v) is 2.86. The maximum atomic E-state index is 10.6. The Morgan fingerprint density at radius 1 is 1.00 bits per heavy atom. The molecule has 0 rings (SSSR count). The van der Waals surface area contributed by atoms with Crippen LogP contribution in [0.15, 0.2) is 11.8 Å². The van der Waals surface area contributed by atoms with Crippen LogP contribution in [0, 0.1) is 0 Å². The first-order valence-electron chi connectivity index (χ1n) is 7.12. The fourth-order valence-electron chi connectivity index (χ4n) is 1.79. The Bertz CT molecular complexity index is 212. The summed E-state index contributed by atoms with van der Waals surface area (Å²) in [5.41, 5.74) is 0. The smallest absolute Gasteiger partial charge is 0.188 e.